The maximum atomic E-state index is 12.1. The van der Waals surface area contributed by atoms with E-state index in [-0.39, 0.29) is 23.0 Å². The minimum absolute atomic E-state index is 0.0718. The summed E-state index contributed by atoms with van der Waals surface area (Å²) in [5.41, 5.74) is 0. The Kier molecular flexibility index (Phi) is 8.50. The summed E-state index contributed by atoms with van der Waals surface area (Å²) in [7, 11) is 1.15. The Hall–Kier alpha value is -0.723. The summed E-state index contributed by atoms with van der Waals surface area (Å²) >= 11 is 0. The molecule has 0 aliphatic rings. The number of hydrogen-bond acceptors (Lipinski definition) is 4. The normalized spacial score (nSPS) is 15.3. The van der Waals surface area contributed by atoms with E-state index in [0.717, 1.165) is 6.29 Å². The van der Waals surface area contributed by atoms with E-state index in [1.165, 1.54) is 12.2 Å². The van der Waals surface area contributed by atoms with Gasteiger partial charge >= 0.3 is 0 Å². The lowest BCUT2D eigenvalue weighted by Gasteiger charge is -2.40. The van der Waals surface area contributed by atoms with Gasteiger partial charge in [-0.2, -0.15) is 0 Å². The second-order valence-corrected chi connectivity index (χ2v) is 12.2. The van der Waals surface area contributed by atoms with Crippen molar-refractivity contribution in [1.29, 1.82) is 0 Å². The van der Waals surface area contributed by atoms with Crippen LogP contribution >= 0.6 is 0 Å². The van der Waals surface area contributed by atoms with Crippen LogP contribution in [0.2, 0.25) is 18.1 Å². The second-order valence-electron chi connectivity index (χ2n) is 7.40. The first-order valence-corrected chi connectivity index (χ1v) is 10.8. The van der Waals surface area contributed by atoms with Crippen molar-refractivity contribution in [2.24, 2.45) is 5.92 Å². The number of carbonyl (C=O) groups is 2. The van der Waals surface area contributed by atoms with Crippen molar-refractivity contribution in [2.45, 2.75) is 71.2 Å². The number of amides is 1. The van der Waals surface area contributed by atoms with Crippen molar-refractivity contribution in [1.82, 2.24) is 5.06 Å². The number of rotatable bonds is 9. The smallest absolute Gasteiger partial charge is 0.248 e. The van der Waals surface area contributed by atoms with E-state index < -0.39 is 8.32 Å². The fourth-order valence-corrected chi connectivity index (χ4v) is 3.37. The van der Waals surface area contributed by atoms with Gasteiger partial charge in [0.05, 0.1) is 7.11 Å². The van der Waals surface area contributed by atoms with Crippen molar-refractivity contribution < 1.29 is 18.9 Å². The van der Waals surface area contributed by atoms with Gasteiger partial charge in [-0.25, -0.2) is 5.06 Å². The van der Waals surface area contributed by atoms with E-state index in [9.17, 15) is 9.59 Å². The highest BCUT2D eigenvalue weighted by atomic mass is 28.4. The summed E-state index contributed by atoms with van der Waals surface area (Å²) in [6, 6.07) is 0. The van der Waals surface area contributed by atoms with Gasteiger partial charge in [0.25, 0.3) is 0 Å². The van der Waals surface area contributed by atoms with E-state index in [2.05, 4.69) is 33.9 Å². The molecule has 0 radical (unpaired) electrons. The largest absolute Gasteiger partial charge is 0.414 e. The summed E-state index contributed by atoms with van der Waals surface area (Å²) in [6.45, 7) is 12.8. The Morgan fingerprint density at radius 1 is 1.32 bits per heavy atom. The van der Waals surface area contributed by atoms with Gasteiger partial charge in [-0.15, -0.1) is 0 Å². The zero-order chi connectivity index (χ0) is 17.6. The molecule has 0 rings (SSSR count). The van der Waals surface area contributed by atoms with Crippen LogP contribution in [0.5, 0.6) is 0 Å². The fraction of sp³-hybridized carbons (Fsp3) is 0.875. The highest BCUT2D eigenvalue weighted by molar-refractivity contribution is 6.74. The van der Waals surface area contributed by atoms with Gasteiger partial charge in [-0.3, -0.25) is 9.63 Å². The SMILES string of the molecule is CON(C)C(=O)C(C)CC(CCC=O)O[Si](C)(C)C(C)(C)C. The molecule has 0 saturated heterocycles. The minimum Gasteiger partial charge on any atom is -0.414 e. The van der Waals surface area contributed by atoms with Crippen molar-refractivity contribution in [3.63, 3.8) is 0 Å². The lowest BCUT2D eigenvalue weighted by molar-refractivity contribution is -0.173. The van der Waals surface area contributed by atoms with Crippen molar-refractivity contribution in [3.05, 3.63) is 0 Å². The molecule has 0 spiro atoms. The van der Waals surface area contributed by atoms with Crippen LogP contribution < -0.4 is 0 Å². The lowest BCUT2D eigenvalue weighted by Crippen LogP contribution is -2.45. The maximum Gasteiger partial charge on any atom is 0.248 e. The molecule has 0 aromatic rings. The number of hydroxylamine groups is 2. The predicted molar refractivity (Wildman–Crippen MR) is 90.9 cm³/mol. The monoisotopic (exact) mass is 331 g/mol. The van der Waals surface area contributed by atoms with Crippen LogP contribution in [0.4, 0.5) is 0 Å². The molecule has 0 fully saturated rings. The molecule has 0 bridgehead atoms. The van der Waals surface area contributed by atoms with E-state index in [0.29, 0.717) is 19.3 Å². The van der Waals surface area contributed by atoms with Crippen LogP contribution in [-0.4, -0.2) is 45.8 Å². The summed E-state index contributed by atoms with van der Waals surface area (Å²) < 4.78 is 6.41. The molecule has 0 aliphatic heterocycles. The van der Waals surface area contributed by atoms with Gasteiger partial charge < -0.3 is 9.22 Å². The Bertz CT molecular complexity index is 366. The van der Waals surface area contributed by atoms with Crippen LogP contribution in [-0.2, 0) is 18.9 Å². The van der Waals surface area contributed by atoms with Gasteiger partial charge in [0.1, 0.15) is 6.29 Å². The van der Waals surface area contributed by atoms with Crippen LogP contribution in [0.15, 0.2) is 0 Å². The van der Waals surface area contributed by atoms with Crippen LogP contribution in [0.1, 0.15) is 47.0 Å². The first-order chi connectivity index (χ1) is 9.96. The average molecular weight is 332 g/mol. The fourth-order valence-electron chi connectivity index (χ4n) is 1.97. The summed E-state index contributed by atoms with van der Waals surface area (Å²) in [5, 5.41) is 1.34. The Morgan fingerprint density at radius 2 is 1.86 bits per heavy atom. The van der Waals surface area contributed by atoms with Crippen LogP contribution in [0, 0.1) is 5.92 Å². The van der Waals surface area contributed by atoms with Gasteiger partial charge in [-0.05, 0) is 31.0 Å². The van der Waals surface area contributed by atoms with Gasteiger partial charge in [0.2, 0.25) is 5.91 Å². The average Bonchev–Trinajstić information content (AvgIpc) is 2.41. The minimum atomic E-state index is -1.93. The lowest BCUT2D eigenvalue weighted by atomic mass is 10.00. The molecule has 2 atom stereocenters. The Morgan fingerprint density at radius 3 is 2.27 bits per heavy atom. The Balaban J connectivity index is 4.92. The number of aldehydes is 1. The van der Waals surface area contributed by atoms with Crippen molar-refractivity contribution in [3.8, 4) is 0 Å². The van der Waals surface area contributed by atoms with Crippen molar-refractivity contribution in [2.75, 3.05) is 14.2 Å². The van der Waals surface area contributed by atoms with Gasteiger partial charge in [0, 0.05) is 25.5 Å². The summed E-state index contributed by atoms with van der Waals surface area (Å²) in [5.74, 6) is -0.274. The molecule has 0 aromatic carbocycles. The first kappa shape index (κ1) is 21.3. The molecular weight excluding hydrogens is 298 g/mol. The van der Waals surface area contributed by atoms with E-state index in [1.807, 2.05) is 6.92 Å². The van der Waals surface area contributed by atoms with Gasteiger partial charge in [-0.1, -0.05) is 27.7 Å². The molecule has 0 aromatic heterocycles. The molecule has 0 N–H and O–H groups in total. The highest BCUT2D eigenvalue weighted by Gasteiger charge is 2.39. The van der Waals surface area contributed by atoms with E-state index >= 15 is 0 Å². The third-order valence-corrected chi connectivity index (χ3v) is 9.03. The van der Waals surface area contributed by atoms with Crippen molar-refractivity contribution >= 4 is 20.5 Å². The zero-order valence-corrected chi connectivity index (χ0v) is 16.4. The highest BCUT2D eigenvalue weighted by Crippen LogP contribution is 2.38. The topological polar surface area (TPSA) is 55.8 Å². The maximum absolute atomic E-state index is 12.1. The molecule has 1 amide bonds. The van der Waals surface area contributed by atoms with Crippen LogP contribution in [0.25, 0.3) is 0 Å². The quantitative estimate of drug-likeness (QED) is 0.369. The standard InChI is InChI=1S/C16H33NO4Si/c1-13(15(19)17(5)20-6)12-14(10-9-11-18)21-22(7,8)16(2,3)4/h11,13-14H,9-10,12H2,1-8H3. The third kappa shape index (κ3) is 6.58. The molecular formula is C16H33NO4Si. The predicted octanol–water partition coefficient (Wildman–Crippen LogP) is 3.40. The first-order valence-electron chi connectivity index (χ1n) is 7.89. The van der Waals surface area contributed by atoms with Crippen LogP contribution in [0.3, 0.4) is 0 Å². The summed E-state index contributed by atoms with van der Waals surface area (Å²) in [4.78, 5) is 27.8. The molecule has 0 saturated carbocycles. The zero-order valence-electron chi connectivity index (χ0n) is 15.4. The number of hydrogen-bond donors (Lipinski definition) is 0. The second kappa shape index (κ2) is 8.79. The number of carbonyl (C=O) groups excluding carboxylic acids is 2. The summed E-state index contributed by atoms with van der Waals surface area (Å²) in [6.07, 6.45) is 2.56. The molecule has 130 valence electrons. The Labute approximate surface area is 136 Å². The molecule has 6 heteroatoms. The molecule has 5 nitrogen and oxygen atoms in total. The molecule has 22 heavy (non-hydrogen) atoms. The van der Waals surface area contributed by atoms with Gasteiger partial charge in [0.15, 0.2) is 8.32 Å². The molecule has 0 aliphatic carbocycles. The van der Waals surface area contributed by atoms with E-state index in [1.54, 1.807) is 7.05 Å². The molecule has 2 unspecified atom stereocenters. The number of nitrogens with zero attached hydrogens (tertiary/aromatic N) is 1. The molecule has 0 heterocycles. The van der Waals surface area contributed by atoms with E-state index in [4.69, 9.17) is 9.26 Å². The third-order valence-electron chi connectivity index (χ3n) is 4.50.